The minimum Gasteiger partial charge on any atom is -0.460 e. The molecule has 8 heteroatoms. The Kier molecular flexibility index (Phi) is 6.85. The number of aryl methyl sites for hydroxylation is 1. The molecule has 3 rings (SSSR count). The summed E-state index contributed by atoms with van der Waals surface area (Å²) in [7, 11) is 1.61. The highest BCUT2D eigenvalue weighted by Gasteiger charge is 2.15. The zero-order valence-electron chi connectivity index (χ0n) is 16.6. The van der Waals surface area contributed by atoms with E-state index in [4.69, 9.17) is 21.1 Å². The summed E-state index contributed by atoms with van der Waals surface area (Å²) in [6.45, 7) is 4.46. The summed E-state index contributed by atoms with van der Waals surface area (Å²) in [4.78, 5) is 16.3. The van der Waals surface area contributed by atoms with Crippen molar-refractivity contribution in [2.75, 3.05) is 25.6 Å². The van der Waals surface area contributed by atoms with Gasteiger partial charge in [-0.15, -0.1) is 16.7 Å². The van der Waals surface area contributed by atoms with Gasteiger partial charge in [-0.2, -0.15) is 4.98 Å². The van der Waals surface area contributed by atoms with Crippen LogP contribution in [0.1, 0.15) is 12.5 Å². The summed E-state index contributed by atoms with van der Waals surface area (Å²) in [6.07, 6.45) is 0. The van der Waals surface area contributed by atoms with Gasteiger partial charge in [0.2, 0.25) is 5.91 Å². The van der Waals surface area contributed by atoms with Crippen LogP contribution in [0.15, 0.2) is 48.5 Å². The van der Waals surface area contributed by atoms with E-state index in [0.29, 0.717) is 24.7 Å². The van der Waals surface area contributed by atoms with Gasteiger partial charge in [-0.05, 0) is 38.1 Å². The van der Waals surface area contributed by atoms with E-state index in [2.05, 4.69) is 15.4 Å². The van der Waals surface area contributed by atoms with Gasteiger partial charge in [0.05, 0.1) is 12.3 Å². The Hall–Kier alpha value is -2.90. The molecule has 0 saturated heterocycles. The molecule has 1 aromatic heterocycles. The van der Waals surface area contributed by atoms with Crippen LogP contribution in [-0.4, -0.2) is 46.4 Å². The molecule has 3 aromatic rings. The molecule has 29 heavy (non-hydrogen) atoms. The lowest BCUT2D eigenvalue weighted by atomic mass is 10.1. The van der Waals surface area contributed by atoms with E-state index in [9.17, 15) is 4.79 Å². The fraction of sp³-hybridized carbons (Fsp3) is 0.286. The number of carbonyl (C=O) groups is 1. The maximum absolute atomic E-state index is 11.8. The lowest BCUT2D eigenvalue weighted by Gasteiger charge is -2.09. The zero-order chi connectivity index (χ0) is 20.8. The van der Waals surface area contributed by atoms with Crippen molar-refractivity contribution in [2.45, 2.75) is 19.2 Å². The lowest BCUT2D eigenvalue weighted by molar-refractivity contribution is -0.115. The molecular formula is C21H23ClN4O3. The number of ether oxygens (including phenoxy) is 2. The Morgan fingerprint density at radius 1 is 1.14 bits per heavy atom. The van der Waals surface area contributed by atoms with E-state index in [1.54, 1.807) is 30.8 Å². The summed E-state index contributed by atoms with van der Waals surface area (Å²) >= 11 is 5.80. The van der Waals surface area contributed by atoms with E-state index >= 15 is 0 Å². The van der Waals surface area contributed by atoms with Crippen LogP contribution in [0, 0.1) is 6.92 Å². The van der Waals surface area contributed by atoms with Crippen LogP contribution < -0.4 is 10.1 Å². The molecule has 1 heterocycles. The molecule has 0 spiro atoms. The molecular weight excluding hydrogens is 392 g/mol. The second-order valence-corrected chi connectivity index (χ2v) is 7.14. The number of methoxy groups -OCH3 is 1. The average Bonchev–Trinajstić information content (AvgIpc) is 3.13. The van der Waals surface area contributed by atoms with Crippen molar-refractivity contribution in [1.82, 2.24) is 14.8 Å². The minimum absolute atomic E-state index is 0.255. The number of benzene rings is 2. The summed E-state index contributed by atoms with van der Waals surface area (Å²) in [5.74, 6) is 0.401. The maximum Gasteiger partial charge on any atom is 0.336 e. The monoisotopic (exact) mass is 414 g/mol. The first-order valence-corrected chi connectivity index (χ1v) is 9.63. The lowest BCUT2D eigenvalue weighted by Crippen LogP contribution is -2.20. The molecule has 2 aromatic carbocycles. The van der Waals surface area contributed by atoms with E-state index in [1.807, 2.05) is 43.3 Å². The quantitative estimate of drug-likeness (QED) is 0.447. The van der Waals surface area contributed by atoms with Crippen LogP contribution in [0.3, 0.4) is 0 Å². The van der Waals surface area contributed by atoms with Crippen LogP contribution in [0.4, 0.5) is 5.69 Å². The fourth-order valence-corrected chi connectivity index (χ4v) is 2.62. The van der Waals surface area contributed by atoms with Crippen molar-refractivity contribution in [2.24, 2.45) is 0 Å². The first-order valence-electron chi connectivity index (χ1n) is 9.19. The number of hydrogen-bond donors (Lipinski definition) is 1. The third-order valence-electron chi connectivity index (χ3n) is 4.16. The topological polar surface area (TPSA) is 78.3 Å². The van der Waals surface area contributed by atoms with Gasteiger partial charge < -0.3 is 14.8 Å². The highest BCUT2D eigenvalue weighted by Crippen LogP contribution is 2.25. The summed E-state index contributed by atoms with van der Waals surface area (Å²) < 4.78 is 12.3. The predicted molar refractivity (Wildman–Crippen MR) is 113 cm³/mol. The molecule has 0 radical (unpaired) electrons. The molecule has 0 saturated carbocycles. The van der Waals surface area contributed by atoms with Crippen molar-refractivity contribution < 1.29 is 14.3 Å². The average molecular weight is 415 g/mol. The highest BCUT2D eigenvalue weighted by atomic mass is 35.5. The molecule has 152 valence electrons. The second-order valence-electron chi connectivity index (χ2n) is 6.49. The number of hydrogen-bond acceptors (Lipinski definition) is 5. The molecule has 0 unspecified atom stereocenters. The van der Waals surface area contributed by atoms with Crippen LogP contribution in [-0.2, 0) is 9.53 Å². The Bertz CT molecular complexity index is 953. The molecule has 0 bridgehead atoms. The largest absolute Gasteiger partial charge is 0.460 e. The number of rotatable bonds is 8. The van der Waals surface area contributed by atoms with Crippen LogP contribution in [0.5, 0.6) is 6.01 Å². The van der Waals surface area contributed by atoms with Crippen molar-refractivity contribution in [1.29, 1.82) is 0 Å². The first kappa shape index (κ1) is 20.8. The molecule has 1 N–H and O–H groups in total. The van der Waals surface area contributed by atoms with E-state index < -0.39 is 5.38 Å². The normalized spacial score (nSPS) is 11.9. The number of halogens is 1. The third-order valence-corrected chi connectivity index (χ3v) is 4.35. The Balaban J connectivity index is 1.91. The maximum atomic E-state index is 11.8. The van der Waals surface area contributed by atoms with Gasteiger partial charge >= 0.3 is 6.01 Å². The van der Waals surface area contributed by atoms with E-state index in [-0.39, 0.29) is 11.9 Å². The van der Waals surface area contributed by atoms with Crippen molar-refractivity contribution in [3.05, 3.63) is 54.1 Å². The van der Waals surface area contributed by atoms with Gasteiger partial charge in [-0.1, -0.05) is 29.8 Å². The number of alkyl halides is 1. The van der Waals surface area contributed by atoms with Gasteiger partial charge in [-0.3, -0.25) is 4.79 Å². The van der Waals surface area contributed by atoms with Crippen LogP contribution in [0.25, 0.3) is 17.1 Å². The fourth-order valence-electron chi connectivity index (χ4n) is 2.57. The molecule has 7 nitrogen and oxygen atoms in total. The SMILES string of the molecule is COCCOc1nc(-c2ccc(C)cc2)n(-c2ccc(NC(=O)[C@@H](C)Cl)cc2)n1. The van der Waals surface area contributed by atoms with Gasteiger partial charge in [0.15, 0.2) is 5.82 Å². The van der Waals surface area contributed by atoms with Crippen molar-refractivity contribution >= 4 is 23.2 Å². The molecule has 0 aliphatic heterocycles. The zero-order valence-corrected chi connectivity index (χ0v) is 17.3. The Labute approximate surface area is 174 Å². The summed E-state index contributed by atoms with van der Waals surface area (Å²) in [6, 6.07) is 15.6. The minimum atomic E-state index is -0.607. The van der Waals surface area contributed by atoms with E-state index in [0.717, 1.165) is 16.8 Å². The third kappa shape index (κ3) is 5.34. The van der Waals surface area contributed by atoms with Crippen LogP contribution >= 0.6 is 11.6 Å². The standard InChI is InChI=1S/C21H23ClN4O3/c1-14-4-6-16(7-5-14)19-24-21(29-13-12-28-3)25-26(19)18-10-8-17(9-11-18)23-20(27)15(2)22/h4-11,15H,12-13H2,1-3H3,(H,23,27)/t15-/m1/s1. The number of nitrogens with zero attached hydrogens (tertiary/aromatic N) is 3. The number of anilines is 1. The van der Waals surface area contributed by atoms with E-state index in [1.165, 1.54) is 0 Å². The number of amides is 1. The Morgan fingerprint density at radius 3 is 2.45 bits per heavy atom. The summed E-state index contributed by atoms with van der Waals surface area (Å²) in [5, 5.41) is 6.64. The van der Waals surface area contributed by atoms with Crippen molar-refractivity contribution in [3.8, 4) is 23.1 Å². The second kappa shape index (κ2) is 9.54. The number of carbonyl (C=O) groups excluding carboxylic acids is 1. The van der Waals surface area contributed by atoms with Crippen molar-refractivity contribution in [3.63, 3.8) is 0 Å². The summed E-state index contributed by atoms with van der Waals surface area (Å²) in [5.41, 5.74) is 3.51. The molecule has 0 aliphatic rings. The van der Waals surface area contributed by atoms with Crippen LogP contribution in [0.2, 0.25) is 0 Å². The highest BCUT2D eigenvalue weighted by molar-refractivity contribution is 6.32. The Morgan fingerprint density at radius 2 is 1.83 bits per heavy atom. The predicted octanol–water partition coefficient (Wildman–Crippen LogP) is 3.83. The molecule has 0 fully saturated rings. The molecule has 1 atom stereocenters. The van der Waals surface area contributed by atoms with Gasteiger partial charge in [0.25, 0.3) is 0 Å². The molecule has 0 aliphatic carbocycles. The van der Waals surface area contributed by atoms with Gasteiger partial charge in [0, 0.05) is 18.4 Å². The number of aromatic nitrogens is 3. The molecule has 1 amide bonds. The van der Waals surface area contributed by atoms with Gasteiger partial charge in [-0.25, -0.2) is 4.68 Å². The van der Waals surface area contributed by atoms with Gasteiger partial charge in [0.1, 0.15) is 12.0 Å². The number of nitrogens with one attached hydrogen (secondary N) is 1. The smallest absolute Gasteiger partial charge is 0.336 e. The first-order chi connectivity index (χ1) is 14.0.